The highest BCUT2D eigenvalue weighted by atomic mass is 35.6. The standard InChI is InChI=1S/C21H28NP.C13H13P.C10H21ClSi.C6H15ClSi/c1-17(22(2)3)20-15-10-16-21(20)23(18-11-6-4-7-12-18)19-13-8-5-9-14-19;1-14(12-8-4-2-5-9-12)13-10-6-3-7-11-13;1-12(2,9-5-8-11)10-6-3-4-7-10;1-4-5-6-8(2,3)7/h4-9,11-14,17,20-21H,10,15-16H2,1-3H3;2-11H,1H3;10H,3-9H2,1-2H3;4-6H2,1-3H3/t17-,20?,21?;;;/m0.../s1. The van der Waals surface area contributed by atoms with Crippen molar-refractivity contribution in [2.45, 2.75) is 134 Å². The summed E-state index contributed by atoms with van der Waals surface area (Å²) in [5.41, 5.74) is 1.91. The number of unbranched alkanes of at least 4 members (excludes halogenated alkanes) is 1. The number of halogens is 2. The molecule has 0 aromatic heterocycles. The summed E-state index contributed by atoms with van der Waals surface area (Å²) in [7, 11) is 1.93. The van der Waals surface area contributed by atoms with Crippen LogP contribution in [0.1, 0.15) is 78.1 Å². The smallest absolute Gasteiger partial charge is 0.150 e. The number of nitrogens with zero attached hydrogens (tertiary/aromatic N) is 1. The number of alkyl halides is 1. The van der Waals surface area contributed by atoms with Gasteiger partial charge in [0.2, 0.25) is 0 Å². The summed E-state index contributed by atoms with van der Waals surface area (Å²) in [4.78, 5) is 2.41. The topological polar surface area (TPSA) is 3.24 Å². The van der Waals surface area contributed by atoms with Gasteiger partial charge in [0.1, 0.15) is 7.38 Å². The zero-order valence-electron chi connectivity index (χ0n) is 37.1. The van der Waals surface area contributed by atoms with Gasteiger partial charge in [0, 0.05) is 11.9 Å². The van der Waals surface area contributed by atoms with E-state index in [2.05, 4.69) is 187 Å². The molecule has 2 unspecified atom stereocenters. The molecule has 2 fully saturated rings. The van der Waals surface area contributed by atoms with Gasteiger partial charge < -0.3 is 4.90 Å². The van der Waals surface area contributed by atoms with Gasteiger partial charge in [-0.15, -0.1) is 11.6 Å². The highest BCUT2D eigenvalue weighted by Gasteiger charge is 2.38. The first-order valence-electron chi connectivity index (χ1n) is 21.9. The quantitative estimate of drug-likeness (QED) is 0.0528. The van der Waals surface area contributed by atoms with Crippen LogP contribution in [0.5, 0.6) is 0 Å². The maximum absolute atomic E-state index is 6.05. The molecule has 0 saturated heterocycles. The van der Waals surface area contributed by atoms with Gasteiger partial charge in [-0.05, 0) is 107 Å². The van der Waals surface area contributed by atoms with Gasteiger partial charge in [-0.2, -0.15) is 11.1 Å². The van der Waals surface area contributed by atoms with Crippen molar-refractivity contribution in [3.05, 3.63) is 121 Å². The van der Waals surface area contributed by atoms with E-state index in [0.29, 0.717) is 6.04 Å². The average molecular weight is 881 g/mol. The van der Waals surface area contributed by atoms with E-state index in [9.17, 15) is 0 Å². The molecule has 0 aliphatic heterocycles. The molecule has 4 aromatic carbocycles. The molecule has 314 valence electrons. The first-order valence-corrected chi connectivity index (χ1v) is 33.2. The Labute approximate surface area is 365 Å². The van der Waals surface area contributed by atoms with Crippen molar-refractivity contribution < 1.29 is 0 Å². The van der Waals surface area contributed by atoms with Crippen molar-refractivity contribution in [2.24, 2.45) is 5.92 Å². The van der Waals surface area contributed by atoms with Crippen molar-refractivity contribution >= 4 is 75.2 Å². The molecule has 0 bridgehead atoms. The summed E-state index contributed by atoms with van der Waals surface area (Å²) in [6, 6.07) is 47.2. The Morgan fingerprint density at radius 1 is 0.632 bits per heavy atom. The van der Waals surface area contributed by atoms with Crippen molar-refractivity contribution in [3.63, 3.8) is 0 Å². The van der Waals surface area contributed by atoms with E-state index in [4.69, 9.17) is 22.7 Å². The van der Waals surface area contributed by atoms with E-state index in [0.717, 1.165) is 23.0 Å². The molecule has 2 aliphatic carbocycles. The van der Waals surface area contributed by atoms with Gasteiger partial charge in [0.25, 0.3) is 0 Å². The average Bonchev–Trinajstić information content (AvgIpc) is 3.95. The van der Waals surface area contributed by atoms with Crippen LogP contribution in [0.4, 0.5) is 0 Å². The minimum Gasteiger partial charge on any atom is -0.306 e. The molecule has 0 spiro atoms. The minimum atomic E-state index is -1.21. The zero-order valence-corrected chi connectivity index (χ0v) is 42.4. The highest BCUT2D eigenvalue weighted by molar-refractivity contribution is 7.73. The van der Waals surface area contributed by atoms with E-state index < -0.39 is 15.5 Å². The Morgan fingerprint density at radius 2 is 1.07 bits per heavy atom. The van der Waals surface area contributed by atoms with Crippen molar-refractivity contribution in [1.82, 2.24) is 4.90 Å². The van der Waals surface area contributed by atoms with E-state index in [1.807, 2.05) is 0 Å². The highest BCUT2D eigenvalue weighted by Crippen LogP contribution is 2.51. The lowest BCUT2D eigenvalue weighted by molar-refractivity contribution is 0.232. The molecule has 0 radical (unpaired) electrons. The lowest BCUT2D eigenvalue weighted by atomic mass is 9.98. The Bertz CT molecular complexity index is 1500. The third kappa shape index (κ3) is 18.1. The molecular formula is C50H77Cl2NP2Si2. The van der Waals surface area contributed by atoms with Gasteiger partial charge in [0.05, 0.1) is 8.07 Å². The van der Waals surface area contributed by atoms with Gasteiger partial charge in [0.15, 0.2) is 0 Å². The lowest BCUT2D eigenvalue weighted by Gasteiger charge is -2.36. The van der Waals surface area contributed by atoms with E-state index in [-0.39, 0.29) is 15.8 Å². The summed E-state index contributed by atoms with van der Waals surface area (Å²) >= 11 is 11.8. The fraction of sp³-hybridized carbons (Fsp3) is 0.520. The SMILES string of the molecule is CCCC[Si](C)(C)Cl.CP(c1ccccc1)c1ccccc1.C[C@@H](C1CCCC1P(c1ccccc1)c1ccccc1)N(C)C.C[Si](C)(CCCCl)C1CCCC1. The lowest BCUT2D eigenvalue weighted by Crippen LogP contribution is -2.38. The van der Waals surface area contributed by atoms with Gasteiger partial charge in [-0.1, -0.05) is 205 Å². The number of rotatable bonds is 14. The van der Waals surface area contributed by atoms with Crippen LogP contribution in [0.25, 0.3) is 0 Å². The zero-order chi connectivity index (χ0) is 41.7. The normalized spacial score (nSPS) is 17.6. The summed E-state index contributed by atoms with van der Waals surface area (Å²) in [5, 5.41) is 5.95. The second kappa shape index (κ2) is 26.8. The van der Waals surface area contributed by atoms with Crippen molar-refractivity contribution in [2.75, 3.05) is 26.6 Å². The summed E-state index contributed by atoms with van der Waals surface area (Å²) in [6.07, 6.45) is 14.0. The second-order valence-corrected chi connectivity index (χ2v) is 35.0. The van der Waals surface area contributed by atoms with Crippen LogP contribution in [0.15, 0.2) is 121 Å². The monoisotopic (exact) mass is 879 g/mol. The molecule has 3 atom stereocenters. The summed E-state index contributed by atoms with van der Waals surface area (Å²) in [5.74, 6) is 1.67. The third-order valence-corrected chi connectivity index (χ3v) is 24.2. The first kappa shape index (κ1) is 50.1. The first-order chi connectivity index (χ1) is 27.3. The summed E-state index contributed by atoms with van der Waals surface area (Å²) < 4.78 is 0. The van der Waals surface area contributed by atoms with Crippen LogP contribution >= 0.6 is 38.5 Å². The Hall–Kier alpha value is -1.29. The number of hydrogen-bond acceptors (Lipinski definition) is 1. The van der Waals surface area contributed by atoms with Crippen LogP contribution in [-0.4, -0.2) is 58.7 Å². The molecular weight excluding hydrogens is 804 g/mol. The molecule has 2 aliphatic rings. The number of hydrogen-bond donors (Lipinski definition) is 0. The molecule has 0 amide bonds. The van der Waals surface area contributed by atoms with Gasteiger partial charge >= 0.3 is 0 Å². The fourth-order valence-corrected chi connectivity index (χ4v) is 18.7. The Kier molecular flexibility index (Phi) is 23.6. The van der Waals surface area contributed by atoms with E-state index in [1.165, 1.54) is 97.5 Å². The second-order valence-electron chi connectivity index (χ2n) is 17.7. The van der Waals surface area contributed by atoms with E-state index >= 15 is 0 Å². The largest absolute Gasteiger partial charge is 0.306 e. The molecule has 57 heavy (non-hydrogen) atoms. The fourth-order valence-electron chi connectivity index (χ4n) is 8.43. The number of benzene rings is 4. The maximum atomic E-state index is 6.05. The molecule has 6 rings (SSSR count). The van der Waals surface area contributed by atoms with Crippen LogP contribution < -0.4 is 21.2 Å². The van der Waals surface area contributed by atoms with Crippen LogP contribution in [0.2, 0.25) is 43.8 Å². The van der Waals surface area contributed by atoms with Gasteiger partial charge in [-0.25, -0.2) is 0 Å². The van der Waals surface area contributed by atoms with Crippen LogP contribution in [0.3, 0.4) is 0 Å². The van der Waals surface area contributed by atoms with Crippen LogP contribution in [0, 0.1) is 5.92 Å². The van der Waals surface area contributed by atoms with Crippen molar-refractivity contribution in [3.8, 4) is 0 Å². The third-order valence-electron chi connectivity index (χ3n) is 12.2. The predicted molar refractivity (Wildman–Crippen MR) is 271 cm³/mol. The molecule has 2 saturated carbocycles. The predicted octanol–water partition coefficient (Wildman–Crippen LogP) is 14.5. The summed E-state index contributed by atoms with van der Waals surface area (Å²) in [6.45, 7) is 16.4. The maximum Gasteiger partial charge on any atom is 0.150 e. The molecule has 0 heterocycles. The molecule has 0 N–H and O–H groups in total. The van der Waals surface area contributed by atoms with Crippen LogP contribution in [-0.2, 0) is 0 Å². The molecule has 7 heteroatoms. The molecule has 4 aromatic rings. The van der Waals surface area contributed by atoms with Crippen molar-refractivity contribution in [1.29, 1.82) is 0 Å². The Balaban J connectivity index is 0.000000220. The minimum absolute atomic E-state index is 0.171. The Morgan fingerprint density at radius 3 is 1.44 bits per heavy atom. The molecule has 1 nitrogen and oxygen atoms in total. The van der Waals surface area contributed by atoms with Gasteiger partial charge in [-0.3, -0.25) is 0 Å². The van der Waals surface area contributed by atoms with E-state index in [1.54, 1.807) is 0 Å².